The molecule has 18 heavy (non-hydrogen) atoms. The minimum atomic E-state index is 0.258. The lowest BCUT2D eigenvalue weighted by atomic mass is 9.94. The molecule has 0 spiro atoms. The second-order valence-electron chi connectivity index (χ2n) is 4.63. The van der Waals surface area contributed by atoms with Crippen LogP contribution in [0.15, 0.2) is 59.6 Å². The molecule has 3 rings (SSSR count). The summed E-state index contributed by atoms with van der Waals surface area (Å²) in [4.78, 5) is 6.65. The van der Waals surface area contributed by atoms with E-state index in [0.29, 0.717) is 0 Å². The molecule has 0 saturated carbocycles. The van der Waals surface area contributed by atoms with Gasteiger partial charge in [0, 0.05) is 7.05 Å². The van der Waals surface area contributed by atoms with Crippen molar-refractivity contribution >= 4 is 6.34 Å². The van der Waals surface area contributed by atoms with Crippen LogP contribution in [0.1, 0.15) is 22.7 Å². The molecule has 0 amide bonds. The lowest BCUT2D eigenvalue weighted by Crippen LogP contribution is -2.23. The molecule has 1 atom stereocenters. The fourth-order valence-electron chi connectivity index (χ4n) is 2.55. The first-order valence-electron chi connectivity index (χ1n) is 6.21. The van der Waals surface area contributed by atoms with Gasteiger partial charge in [-0.15, -0.1) is 0 Å². The van der Waals surface area contributed by atoms with Gasteiger partial charge in [0.2, 0.25) is 0 Å². The molecule has 1 unspecified atom stereocenters. The van der Waals surface area contributed by atoms with Gasteiger partial charge >= 0.3 is 0 Å². The van der Waals surface area contributed by atoms with Gasteiger partial charge in [-0.05, 0) is 16.7 Å². The summed E-state index contributed by atoms with van der Waals surface area (Å²) in [5, 5.41) is 0. The number of hydrogen-bond donors (Lipinski definition) is 0. The molecule has 0 N–H and O–H groups in total. The summed E-state index contributed by atoms with van der Waals surface area (Å²) in [5.74, 6) is 0. The number of nitrogens with zero attached hydrogens (tertiary/aromatic N) is 2. The summed E-state index contributed by atoms with van der Waals surface area (Å²) in [6.07, 6.45) is 1.94. The molecule has 0 bridgehead atoms. The van der Waals surface area contributed by atoms with Gasteiger partial charge in [-0.2, -0.15) is 0 Å². The maximum Gasteiger partial charge on any atom is 0.0859 e. The van der Waals surface area contributed by atoms with Crippen LogP contribution in [0.25, 0.3) is 0 Å². The fourth-order valence-corrected chi connectivity index (χ4v) is 2.55. The average molecular weight is 236 g/mol. The SMILES string of the molecule is CN1C=NCc2ccccc2C1c1ccccc1. The Labute approximate surface area is 108 Å². The molecule has 0 saturated heterocycles. The number of fused-ring (bicyclic) bond motifs is 1. The van der Waals surface area contributed by atoms with Crippen molar-refractivity contribution in [3.05, 3.63) is 71.3 Å². The Morgan fingerprint density at radius 3 is 2.56 bits per heavy atom. The molecule has 0 aliphatic carbocycles. The summed E-state index contributed by atoms with van der Waals surface area (Å²) >= 11 is 0. The predicted octanol–water partition coefficient (Wildman–Crippen LogP) is 3.25. The van der Waals surface area contributed by atoms with Crippen molar-refractivity contribution in [2.45, 2.75) is 12.6 Å². The Hall–Kier alpha value is -2.09. The quantitative estimate of drug-likeness (QED) is 0.742. The molecule has 2 aromatic rings. The van der Waals surface area contributed by atoms with E-state index in [1.54, 1.807) is 0 Å². The molecule has 1 aliphatic heterocycles. The van der Waals surface area contributed by atoms with Crippen molar-refractivity contribution in [3.63, 3.8) is 0 Å². The van der Waals surface area contributed by atoms with E-state index >= 15 is 0 Å². The third kappa shape index (κ3) is 1.90. The summed E-state index contributed by atoms with van der Waals surface area (Å²) < 4.78 is 0. The molecular formula is C16H16N2. The van der Waals surface area contributed by atoms with Crippen molar-refractivity contribution in [2.24, 2.45) is 4.99 Å². The summed E-state index contributed by atoms with van der Waals surface area (Å²) in [7, 11) is 2.09. The zero-order valence-corrected chi connectivity index (χ0v) is 10.5. The van der Waals surface area contributed by atoms with Gasteiger partial charge in [0.05, 0.1) is 18.9 Å². The Balaban J connectivity index is 2.14. The minimum absolute atomic E-state index is 0.258. The molecule has 0 radical (unpaired) electrons. The van der Waals surface area contributed by atoms with E-state index in [1.165, 1.54) is 16.7 Å². The highest BCUT2D eigenvalue weighted by atomic mass is 15.2. The Morgan fingerprint density at radius 1 is 1.00 bits per heavy atom. The maximum atomic E-state index is 4.47. The third-order valence-electron chi connectivity index (χ3n) is 3.40. The normalized spacial score (nSPS) is 18.3. The van der Waals surface area contributed by atoms with Crippen molar-refractivity contribution < 1.29 is 0 Å². The van der Waals surface area contributed by atoms with Gasteiger partial charge < -0.3 is 4.90 Å². The molecular weight excluding hydrogens is 220 g/mol. The summed E-state index contributed by atoms with van der Waals surface area (Å²) in [6, 6.07) is 19.4. The first-order valence-corrected chi connectivity index (χ1v) is 6.21. The van der Waals surface area contributed by atoms with Crippen LogP contribution in [0.2, 0.25) is 0 Å². The van der Waals surface area contributed by atoms with Gasteiger partial charge in [-0.1, -0.05) is 54.6 Å². The van der Waals surface area contributed by atoms with Crippen LogP contribution >= 0.6 is 0 Å². The van der Waals surface area contributed by atoms with Crippen LogP contribution in [0.5, 0.6) is 0 Å². The number of hydrogen-bond acceptors (Lipinski definition) is 2. The number of rotatable bonds is 1. The summed E-state index contributed by atoms with van der Waals surface area (Å²) in [6.45, 7) is 0.768. The van der Waals surface area contributed by atoms with Crippen LogP contribution in [-0.4, -0.2) is 18.3 Å². The molecule has 0 aromatic heterocycles. The molecule has 90 valence electrons. The van der Waals surface area contributed by atoms with Gasteiger partial charge in [-0.3, -0.25) is 4.99 Å². The van der Waals surface area contributed by atoms with E-state index < -0.39 is 0 Å². The highest BCUT2D eigenvalue weighted by molar-refractivity contribution is 5.59. The first kappa shape index (κ1) is 11.0. The van der Waals surface area contributed by atoms with E-state index in [9.17, 15) is 0 Å². The fraction of sp³-hybridized carbons (Fsp3) is 0.188. The van der Waals surface area contributed by atoms with Gasteiger partial charge in [0.1, 0.15) is 0 Å². The predicted molar refractivity (Wildman–Crippen MR) is 74.7 cm³/mol. The van der Waals surface area contributed by atoms with Crippen LogP contribution in [0, 0.1) is 0 Å². The zero-order chi connectivity index (χ0) is 12.4. The highest BCUT2D eigenvalue weighted by Crippen LogP contribution is 2.31. The topological polar surface area (TPSA) is 15.6 Å². The van der Waals surface area contributed by atoms with Crippen molar-refractivity contribution in [1.82, 2.24) is 4.90 Å². The molecule has 1 aliphatic rings. The Kier molecular flexibility index (Phi) is 2.85. The van der Waals surface area contributed by atoms with Gasteiger partial charge in [0.25, 0.3) is 0 Å². The lowest BCUT2D eigenvalue weighted by molar-refractivity contribution is 0.442. The van der Waals surface area contributed by atoms with E-state index in [1.807, 2.05) is 6.34 Å². The van der Waals surface area contributed by atoms with Crippen molar-refractivity contribution in [2.75, 3.05) is 7.05 Å². The Bertz CT molecular complexity index is 560. The number of aliphatic imine (C=N–C) groups is 1. The molecule has 0 fully saturated rings. The molecule has 2 nitrogen and oxygen atoms in total. The van der Waals surface area contributed by atoms with Crippen LogP contribution in [0.4, 0.5) is 0 Å². The van der Waals surface area contributed by atoms with Crippen molar-refractivity contribution in [3.8, 4) is 0 Å². The van der Waals surface area contributed by atoms with E-state index in [2.05, 4.69) is 71.5 Å². The molecule has 1 heterocycles. The van der Waals surface area contributed by atoms with E-state index in [0.717, 1.165) is 6.54 Å². The standard InChI is InChI=1S/C16H16N2/c1-18-12-17-11-14-9-5-6-10-15(14)16(18)13-7-3-2-4-8-13/h2-10,12,16H,11H2,1H3. The smallest absolute Gasteiger partial charge is 0.0859 e. The third-order valence-corrected chi connectivity index (χ3v) is 3.40. The molecule has 2 heteroatoms. The van der Waals surface area contributed by atoms with Gasteiger partial charge in [0.15, 0.2) is 0 Å². The minimum Gasteiger partial charge on any atom is -0.355 e. The van der Waals surface area contributed by atoms with Crippen LogP contribution in [0.3, 0.4) is 0 Å². The summed E-state index contributed by atoms with van der Waals surface area (Å²) in [5.41, 5.74) is 3.97. The van der Waals surface area contributed by atoms with Gasteiger partial charge in [-0.25, -0.2) is 0 Å². The second kappa shape index (κ2) is 4.65. The zero-order valence-electron chi connectivity index (χ0n) is 10.5. The lowest BCUT2D eigenvalue weighted by Gasteiger charge is -2.26. The Morgan fingerprint density at radius 2 is 1.72 bits per heavy atom. The van der Waals surface area contributed by atoms with E-state index in [-0.39, 0.29) is 6.04 Å². The maximum absolute atomic E-state index is 4.47. The number of benzene rings is 2. The largest absolute Gasteiger partial charge is 0.355 e. The molecule has 2 aromatic carbocycles. The van der Waals surface area contributed by atoms with Crippen molar-refractivity contribution in [1.29, 1.82) is 0 Å². The van der Waals surface area contributed by atoms with Crippen LogP contribution in [-0.2, 0) is 6.54 Å². The average Bonchev–Trinajstić information content (AvgIpc) is 2.58. The van der Waals surface area contributed by atoms with E-state index in [4.69, 9.17) is 0 Å². The first-order chi connectivity index (χ1) is 8.86. The monoisotopic (exact) mass is 236 g/mol. The second-order valence-corrected chi connectivity index (χ2v) is 4.63. The van der Waals surface area contributed by atoms with Crippen LogP contribution < -0.4 is 0 Å². The highest BCUT2D eigenvalue weighted by Gasteiger charge is 2.21.